The van der Waals surface area contributed by atoms with Crippen molar-refractivity contribution in [3.63, 3.8) is 0 Å². The summed E-state index contributed by atoms with van der Waals surface area (Å²) in [6, 6.07) is 17.6. The van der Waals surface area contributed by atoms with E-state index in [9.17, 15) is 9.28 Å². The zero-order valence-electron chi connectivity index (χ0n) is 10.5. The van der Waals surface area contributed by atoms with E-state index >= 15 is 0 Å². The number of rotatable bonds is 4. The molecule has 1 unspecified atom stereocenters. The Hall–Kier alpha value is -2.36. The molecule has 0 bridgehead atoms. The van der Waals surface area contributed by atoms with Gasteiger partial charge in [-0.05, 0) is 19.1 Å². The summed E-state index contributed by atoms with van der Waals surface area (Å²) in [5.41, 5.74) is 0.319. The van der Waals surface area contributed by atoms with E-state index in [1.54, 1.807) is 48.5 Å². The van der Waals surface area contributed by atoms with Crippen molar-refractivity contribution < 1.29 is 14.0 Å². The van der Waals surface area contributed by atoms with Crippen molar-refractivity contribution in [2.45, 2.75) is 12.5 Å². The fourth-order valence-electron chi connectivity index (χ4n) is 1.81. The maximum atomic E-state index is 12.6. The third kappa shape index (κ3) is 2.73. The second-order valence-corrected chi connectivity index (χ2v) is 4.24. The molecule has 2 rings (SSSR count). The number of hydrogen-bond donors (Lipinski definition) is 1. The van der Waals surface area contributed by atoms with Crippen molar-refractivity contribution >= 4 is 5.91 Å². The summed E-state index contributed by atoms with van der Waals surface area (Å²) in [4.78, 5) is 11.8. The Kier molecular flexibility index (Phi) is 3.80. The van der Waals surface area contributed by atoms with Gasteiger partial charge in [0.25, 0.3) is 5.91 Å². The minimum atomic E-state index is -1.42. The fourth-order valence-corrected chi connectivity index (χ4v) is 1.81. The molecule has 19 heavy (non-hydrogen) atoms. The standard InChI is InChI=1S/C15H14FNO2/c1-15(14(18)17-16,12-8-4-2-5-9-12)19-13-10-6-3-7-11-13/h2-11H,1H3,(H,17,18). The summed E-state index contributed by atoms with van der Waals surface area (Å²) in [5.74, 6) is -0.347. The van der Waals surface area contributed by atoms with Crippen LogP contribution in [0.15, 0.2) is 60.7 Å². The van der Waals surface area contributed by atoms with Gasteiger partial charge in [0, 0.05) is 5.56 Å². The molecule has 2 aromatic rings. The third-order valence-corrected chi connectivity index (χ3v) is 2.91. The molecule has 0 spiro atoms. The van der Waals surface area contributed by atoms with Crippen LogP contribution < -0.4 is 10.3 Å². The topological polar surface area (TPSA) is 38.3 Å². The summed E-state index contributed by atoms with van der Waals surface area (Å²) < 4.78 is 18.3. The number of hydrogen-bond acceptors (Lipinski definition) is 2. The molecule has 3 nitrogen and oxygen atoms in total. The van der Waals surface area contributed by atoms with Crippen molar-refractivity contribution in [3.05, 3.63) is 66.2 Å². The molecule has 2 aromatic carbocycles. The number of carbonyl (C=O) groups is 1. The number of halogens is 1. The van der Waals surface area contributed by atoms with Crippen LogP contribution in [0.5, 0.6) is 5.75 Å². The van der Waals surface area contributed by atoms with Gasteiger partial charge in [0.2, 0.25) is 5.60 Å². The summed E-state index contributed by atoms with van der Waals surface area (Å²) >= 11 is 0. The average Bonchev–Trinajstić information content (AvgIpc) is 2.48. The van der Waals surface area contributed by atoms with Crippen LogP contribution in [0.1, 0.15) is 12.5 Å². The Labute approximate surface area is 111 Å². The maximum Gasteiger partial charge on any atom is 0.296 e. The zero-order chi connectivity index (χ0) is 13.7. The first-order valence-corrected chi connectivity index (χ1v) is 5.87. The Balaban J connectivity index is 2.39. The smallest absolute Gasteiger partial charge is 0.296 e. The van der Waals surface area contributed by atoms with Crippen molar-refractivity contribution in [3.8, 4) is 5.75 Å². The quantitative estimate of drug-likeness (QED) is 0.857. The zero-order valence-corrected chi connectivity index (χ0v) is 10.5. The average molecular weight is 259 g/mol. The van der Waals surface area contributed by atoms with Gasteiger partial charge in [-0.2, -0.15) is 5.54 Å². The highest BCUT2D eigenvalue weighted by Crippen LogP contribution is 2.28. The largest absolute Gasteiger partial charge is 0.473 e. The van der Waals surface area contributed by atoms with Crippen LogP contribution in [0, 0.1) is 0 Å². The molecule has 1 amide bonds. The van der Waals surface area contributed by atoms with Crippen LogP contribution in [0.3, 0.4) is 0 Å². The number of benzene rings is 2. The number of carbonyl (C=O) groups excluding carboxylic acids is 1. The summed E-state index contributed by atoms with van der Waals surface area (Å²) in [5, 5.41) is 0. The van der Waals surface area contributed by atoms with Crippen LogP contribution in [-0.2, 0) is 10.4 Å². The van der Waals surface area contributed by atoms with Gasteiger partial charge in [-0.25, -0.2) is 0 Å². The van der Waals surface area contributed by atoms with Crippen molar-refractivity contribution in [2.24, 2.45) is 0 Å². The van der Waals surface area contributed by atoms with Gasteiger partial charge in [-0.3, -0.25) is 4.79 Å². The van der Waals surface area contributed by atoms with Gasteiger partial charge in [-0.15, -0.1) is 4.48 Å². The Morgan fingerprint density at radius 2 is 1.58 bits per heavy atom. The number of para-hydroxylation sites is 1. The van der Waals surface area contributed by atoms with Gasteiger partial charge in [0.15, 0.2) is 0 Å². The molecule has 0 aliphatic rings. The molecule has 0 saturated carbocycles. The van der Waals surface area contributed by atoms with E-state index in [2.05, 4.69) is 0 Å². The minimum Gasteiger partial charge on any atom is -0.473 e. The van der Waals surface area contributed by atoms with E-state index in [4.69, 9.17) is 4.74 Å². The molecule has 98 valence electrons. The van der Waals surface area contributed by atoms with Crippen molar-refractivity contribution in [2.75, 3.05) is 0 Å². The molecule has 0 fully saturated rings. The maximum absolute atomic E-state index is 12.6. The third-order valence-electron chi connectivity index (χ3n) is 2.91. The number of ether oxygens (including phenoxy) is 1. The molecule has 1 N–H and O–H groups in total. The van der Waals surface area contributed by atoms with Gasteiger partial charge in [-0.1, -0.05) is 48.5 Å². The molecular weight excluding hydrogens is 245 g/mol. The second kappa shape index (κ2) is 5.52. The van der Waals surface area contributed by atoms with Crippen LogP contribution >= 0.6 is 0 Å². The molecular formula is C15H14FNO2. The van der Waals surface area contributed by atoms with E-state index in [-0.39, 0.29) is 0 Å². The summed E-state index contributed by atoms with van der Waals surface area (Å²) in [6.45, 7) is 1.53. The van der Waals surface area contributed by atoms with Crippen LogP contribution in [-0.4, -0.2) is 5.91 Å². The first-order valence-electron chi connectivity index (χ1n) is 5.87. The van der Waals surface area contributed by atoms with E-state index in [1.165, 1.54) is 6.92 Å². The Bertz CT molecular complexity index is 545. The van der Waals surface area contributed by atoms with Gasteiger partial charge < -0.3 is 4.74 Å². The first-order chi connectivity index (χ1) is 9.16. The highest BCUT2D eigenvalue weighted by molar-refractivity contribution is 5.85. The van der Waals surface area contributed by atoms with Gasteiger partial charge in [0.1, 0.15) is 5.75 Å². The van der Waals surface area contributed by atoms with E-state index in [1.807, 2.05) is 12.1 Å². The lowest BCUT2D eigenvalue weighted by molar-refractivity contribution is -0.141. The van der Waals surface area contributed by atoms with E-state index in [0.717, 1.165) is 5.54 Å². The first kappa shape index (κ1) is 13.1. The lowest BCUT2D eigenvalue weighted by atomic mass is 9.95. The van der Waals surface area contributed by atoms with E-state index in [0.29, 0.717) is 11.3 Å². The molecule has 0 aromatic heterocycles. The van der Waals surface area contributed by atoms with Crippen LogP contribution in [0.2, 0.25) is 0 Å². The van der Waals surface area contributed by atoms with Crippen LogP contribution in [0.4, 0.5) is 4.48 Å². The predicted octanol–water partition coefficient (Wildman–Crippen LogP) is 2.98. The second-order valence-electron chi connectivity index (χ2n) is 4.24. The van der Waals surface area contributed by atoms with Crippen LogP contribution in [0.25, 0.3) is 0 Å². The SMILES string of the molecule is CC(Oc1ccccc1)(C(=O)NF)c1ccccc1. The molecule has 0 aliphatic carbocycles. The minimum absolute atomic E-state index is 0.498. The fraction of sp³-hybridized carbons (Fsp3) is 0.133. The normalized spacial score (nSPS) is 13.4. The molecule has 4 heteroatoms. The lowest BCUT2D eigenvalue weighted by Crippen LogP contribution is -2.44. The monoisotopic (exact) mass is 259 g/mol. The van der Waals surface area contributed by atoms with Gasteiger partial charge in [0.05, 0.1) is 0 Å². The van der Waals surface area contributed by atoms with E-state index < -0.39 is 11.5 Å². The predicted molar refractivity (Wildman–Crippen MR) is 70.1 cm³/mol. The Morgan fingerprint density at radius 3 is 2.11 bits per heavy atom. The van der Waals surface area contributed by atoms with Crippen molar-refractivity contribution in [1.29, 1.82) is 0 Å². The molecule has 0 heterocycles. The highest BCUT2D eigenvalue weighted by Gasteiger charge is 2.38. The Morgan fingerprint density at radius 1 is 1.05 bits per heavy atom. The highest BCUT2D eigenvalue weighted by atomic mass is 19.2. The van der Waals surface area contributed by atoms with Gasteiger partial charge >= 0.3 is 0 Å². The summed E-state index contributed by atoms with van der Waals surface area (Å²) in [7, 11) is 0. The molecule has 0 radical (unpaired) electrons. The lowest BCUT2D eigenvalue weighted by Gasteiger charge is -2.28. The molecule has 0 aliphatic heterocycles. The van der Waals surface area contributed by atoms with Crippen molar-refractivity contribution in [1.82, 2.24) is 5.54 Å². The number of amides is 1. The molecule has 1 atom stereocenters. The number of nitrogens with one attached hydrogen (secondary N) is 1. The summed E-state index contributed by atoms with van der Waals surface area (Å²) in [6.07, 6.45) is 0. The molecule has 0 saturated heterocycles.